The minimum Gasteiger partial charge on any atom is -0.497 e. The maximum Gasteiger partial charge on any atom is 0.359 e. The molecule has 0 spiro atoms. The van der Waals surface area contributed by atoms with Crippen molar-refractivity contribution in [2.75, 3.05) is 19.5 Å². The lowest BCUT2D eigenvalue weighted by molar-refractivity contribution is 0.0596. The van der Waals surface area contributed by atoms with Crippen LogP contribution in [-0.2, 0) is 4.74 Å². The summed E-state index contributed by atoms with van der Waals surface area (Å²) in [5, 5.41) is 10.1. The molecule has 24 heavy (non-hydrogen) atoms. The molecule has 2 aromatic carbocycles. The molecule has 0 aliphatic rings. The van der Waals surface area contributed by atoms with E-state index < -0.39 is 5.97 Å². The fourth-order valence-corrected chi connectivity index (χ4v) is 2.31. The molecule has 0 radical (unpaired) electrons. The highest BCUT2D eigenvalue weighted by atomic mass is 16.5. The van der Waals surface area contributed by atoms with Crippen molar-refractivity contribution in [3.05, 3.63) is 53.7 Å². The Morgan fingerprint density at radius 2 is 1.96 bits per heavy atom. The summed E-state index contributed by atoms with van der Waals surface area (Å²) in [5.74, 6) is -0.227. The number of amides is 1. The number of anilines is 1. The smallest absolute Gasteiger partial charge is 0.359 e. The number of benzene rings is 2. The predicted octanol–water partition coefficient (Wildman–Crippen LogP) is 2.61. The second-order valence-electron chi connectivity index (χ2n) is 5.01. The Kier molecular flexibility index (Phi) is 4.15. The van der Waals surface area contributed by atoms with Crippen LogP contribution in [-0.4, -0.2) is 36.3 Å². The Bertz CT molecular complexity index is 917. The first kappa shape index (κ1) is 15.5. The zero-order chi connectivity index (χ0) is 17.1. The fraction of sp³-hybridized carbons (Fsp3) is 0.118. The van der Waals surface area contributed by atoms with Gasteiger partial charge in [-0.25, -0.2) is 4.79 Å². The molecule has 0 bridgehead atoms. The van der Waals surface area contributed by atoms with Crippen LogP contribution >= 0.6 is 0 Å². The summed E-state index contributed by atoms with van der Waals surface area (Å²) < 4.78 is 9.81. The van der Waals surface area contributed by atoms with E-state index in [-0.39, 0.29) is 11.6 Å². The molecule has 0 fully saturated rings. The first-order chi connectivity index (χ1) is 11.6. The van der Waals surface area contributed by atoms with Crippen LogP contribution in [0.3, 0.4) is 0 Å². The van der Waals surface area contributed by atoms with Crippen LogP contribution in [0.4, 0.5) is 5.69 Å². The van der Waals surface area contributed by atoms with E-state index >= 15 is 0 Å². The molecule has 0 aliphatic heterocycles. The molecule has 0 unspecified atom stereocenters. The fourth-order valence-electron chi connectivity index (χ4n) is 2.31. The van der Waals surface area contributed by atoms with Crippen molar-refractivity contribution in [3.63, 3.8) is 0 Å². The van der Waals surface area contributed by atoms with Crippen LogP contribution in [0.5, 0.6) is 5.75 Å². The topological polar surface area (TPSA) is 93.3 Å². The molecule has 1 heterocycles. The zero-order valence-corrected chi connectivity index (χ0v) is 13.1. The van der Waals surface area contributed by atoms with Gasteiger partial charge in [-0.1, -0.05) is 6.07 Å². The van der Waals surface area contributed by atoms with Crippen LogP contribution in [0, 0.1) is 0 Å². The SMILES string of the molecule is COC(=O)c1n[nH]c2ccc(NC(=O)c3cccc(OC)c3)cc12. The number of ether oxygens (including phenoxy) is 2. The van der Waals surface area contributed by atoms with Crippen LogP contribution in [0.1, 0.15) is 20.8 Å². The van der Waals surface area contributed by atoms with Crippen molar-refractivity contribution >= 4 is 28.5 Å². The maximum atomic E-state index is 12.3. The third-order valence-electron chi connectivity index (χ3n) is 3.53. The largest absolute Gasteiger partial charge is 0.497 e. The molecule has 1 amide bonds. The van der Waals surface area contributed by atoms with Gasteiger partial charge in [0.15, 0.2) is 5.69 Å². The minimum atomic E-state index is -0.544. The van der Waals surface area contributed by atoms with E-state index in [0.29, 0.717) is 27.9 Å². The summed E-state index contributed by atoms with van der Waals surface area (Å²) in [5.41, 5.74) is 1.86. The van der Waals surface area contributed by atoms with Crippen molar-refractivity contribution in [1.29, 1.82) is 0 Å². The number of nitrogens with zero attached hydrogens (tertiary/aromatic N) is 1. The van der Waals surface area contributed by atoms with Crippen molar-refractivity contribution in [1.82, 2.24) is 10.2 Å². The van der Waals surface area contributed by atoms with E-state index in [1.54, 1.807) is 42.5 Å². The van der Waals surface area contributed by atoms with E-state index in [4.69, 9.17) is 9.47 Å². The van der Waals surface area contributed by atoms with E-state index in [1.165, 1.54) is 14.2 Å². The number of H-pyrrole nitrogens is 1. The lowest BCUT2D eigenvalue weighted by Crippen LogP contribution is -2.12. The van der Waals surface area contributed by atoms with Gasteiger partial charge >= 0.3 is 5.97 Å². The van der Waals surface area contributed by atoms with Crippen molar-refractivity contribution in [3.8, 4) is 5.75 Å². The molecular formula is C17H15N3O4. The first-order valence-electron chi connectivity index (χ1n) is 7.14. The number of rotatable bonds is 4. The van der Waals surface area contributed by atoms with E-state index in [2.05, 4.69) is 15.5 Å². The van der Waals surface area contributed by atoms with Gasteiger partial charge in [0, 0.05) is 16.6 Å². The second-order valence-corrected chi connectivity index (χ2v) is 5.01. The quantitative estimate of drug-likeness (QED) is 0.719. The molecule has 1 aromatic heterocycles. The normalized spacial score (nSPS) is 10.4. The number of aromatic nitrogens is 2. The second kappa shape index (κ2) is 6.41. The summed E-state index contributed by atoms with van der Waals surface area (Å²) in [6.45, 7) is 0. The van der Waals surface area contributed by atoms with Gasteiger partial charge in [0.2, 0.25) is 0 Å². The third kappa shape index (κ3) is 2.91. The van der Waals surface area contributed by atoms with Gasteiger partial charge in [-0.3, -0.25) is 9.89 Å². The number of carbonyl (C=O) groups excluding carboxylic acids is 2. The van der Waals surface area contributed by atoms with Gasteiger partial charge in [-0.2, -0.15) is 5.10 Å². The number of carbonyl (C=O) groups is 2. The summed E-state index contributed by atoms with van der Waals surface area (Å²) in [6, 6.07) is 12.0. The first-order valence-corrected chi connectivity index (χ1v) is 7.14. The maximum absolute atomic E-state index is 12.3. The van der Waals surface area contributed by atoms with Crippen LogP contribution in [0.25, 0.3) is 10.9 Å². The number of methoxy groups -OCH3 is 2. The lowest BCUT2D eigenvalue weighted by Gasteiger charge is -2.07. The Hall–Kier alpha value is -3.35. The molecule has 122 valence electrons. The number of nitrogens with one attached hydrogen (secondary N) is 2. The van der Waals surface area contributed by atoms with Gasteiger partial charge in [-0.05, 0) is 36.4 Å². The Morgan fingerprint density at radius 3 is 2.71 bits per heavy atom. The molecule has 0 saturated carbocycles. The summed E-state index contributed by atoms with van der Waals surface area (Å²) in [7, 11) is 2.83. The molecule has 7 heteroatoms. The number of hydrogen-bond acceptors (Lipinski definition) is 5. The minimum absolute atomic E-state index is 0.171. The van der Waals surface area contributed by atoms with Gasteiger partial charge in [0.05, 0.1) is 19.7 Å². The molecule has 7 nitrogen and oxygen atoms in total. The van der Waals surface area contributed by atoms with Gasteiger partial charge in [0.25, 0.3) is 5.91 Å². The highest BCUT2D eigenvalue weighted by molar-refractivity contribution is 6.07. The van der Waals surface area contributed by atoms with Gasteiger partial charge < -0.3 is 14.8 Å². The number of fused-ring (bicyclic) bond motifs is 1. The van der Waals surface area contributed by atoms with E-state index in [0.717, 1.165) is 0 Å². The summed E-state index contributed by atoms with van der Waals surface area (Å²) in [4.78, 5) is 24.1. The van der Waals surface area contributed by atoms with Crippen molar-refractivity contribution in [2.24, 2.45) is 0 Å². The Balaban J connectivity index is 1.89. The van der Waals surface area contributed by atoms with Crippen molar-refractivity contribution < 1.29 is 19.1 Å². The third-order valence-corrected chi connectivity index (χ3v) is 3.53. The molecule has 2 N–H and O–H groups in total. The average Bonchev–Trinajstić information content (AvgIpc) is 3.04. The van der Waals surface area contributed by atoms with Crippen LogP contribution < -0.4 is 10.1 Å². The van der Waals surface area contributed by atoms with E-state index in [1.807, 2.05) is 0 Å². The lowest BCUT2D eigenvalue weighted by atomic mass is 10.1. The molecule has 0 aliphatic carbocycles. The number of esters is 1. The monoisotopic (exact) mass is 325 g/mol. The Morgan fingerprint density at radius 1 is 1.12 bits per heavy atom. The highest BCUT2D eigenvalue weighted by Crippen LogP contribution is 2.22. The van der Waals surface area contributed by atoms with Gasteiger partial charge in [-0.15, -0.1) is 0 Å². The average molecular weight is 325 g/mol. The van der Waals surface area contributed by atoms with Crippen molar-refractivity contribution in [2.45, 2.75) is 0 Å². The molecule has 3 aromatic rings. The van der Waals surface area contributed by atoms with Crippen LogP contribution in [0.15, 0.2) is 42.5 Å². The summed E-state index contributed by atoms with van der Waals surface area (Å²) >= 11 is 0. The Labute approximate surface area is 137 Å². The highest BCUT2D eigenvalue weighted by Gasteiger charge is 2.15. The standard InChI is InChI=1S/C17H15N3O4/c1-23-12-5-3-4-10(8-12)16(21)18-11-6-7-14-13(9-11)15(20-19-14)17(22)24-2/h3-9H,1-2H3,(H,18,21)(H,19,20). The van der Waals surface area contributed by atoms with E-state index in [9.17, 15) is 9.59 Å². The molecule has 0 saturated heterocycles. The van der Waals surface area contributed by atoms with Crippen LogP contribution in [0.2, 0.25) is 0 Å². The molecule has 3 rings (SSSR count). The van der Waals surface area contributed by atoms with Gasteiger partial charge in [0.1, 0.15) is 5.75 Å². The number of aromatic amines is 1. The summed E-state index contributed by atoms with van der Waals surface area (Å²) in [6.07, 6.45) is 0. The zero-order valence-electron chi connectivity index (χ0n) is 13.1. The predicted molar refractivity (Wildman–Crippen MR) is 88.4 cm³/mol. The number of hydrogen-bond donors (Lipinski definition) is 2. The molecule has 0 atom stereocenters. The molecular weight excluding hydrogens is 310 g/mol.